The highest BCUT2D eigenvalue weighted by molar-refractivity contribution is 6.17. The minimum absolute atomic E-state index is 0.829. The monoisotopic (exact) mass is 549 g/mol. The molecule has 0 radical (unpaired) electrons. The third kappa shape index (κ3) is 3.02. The molecule has 0 amide bonds. The predicted octanol–water partition coefficient (Wildman–Crippen LogP) is 11.0. The average molecular weight is 550 g/mol. The van der Waals surface area contributed by atoms with Crippen molar-refractivity contribution in [3.05, 3.63) is 140 Å². The number of fused-ring (bicyclic) bond motifs is 11. The van der Waals surface area contributed by atoms with Crippen molar-refractivity contribution >= 4 is 67.0 Å². The molecular weight excluding hydrogens is 526 g/mol. The van der Waals surface area contributed by atoms with Crippen molar-refractivity contribution in [2.24, 2.45) is 0 Å². The highest BCUT2D eigenvalue weighted by Gasteiger charge is 2.37. The SMILES string of the molecule is c1ccc2c(c1)-c1cc3ccccc3cc1-c1cccc3c1N2c1ccccc1N3c1nccc2oc3ccccc3c12. The van der Waals surface area contributed by atoms with Crippen LogP contribution in [0.4, 0.5) is 34.3 Å². The Bertz CT molecular complexity index is 2440. The molecule has 4 nitrogen and oxygen atoms in total. The molecule has 43 heavy (non-hydrogen) atoms. The van der Waals surface area contributed by atoms with Crippen LogP contribution in [0.5, 0.6) is 0 Å². The van der Waals surface area contributed by atoms with Gasteiger partial charge in [-0.1, -0.05) is 84.9 Å². The third-order valence-corrected chi connectivity index (χ3v) is 8.93. The van der Waals surface area contributed by atoms with Crippen LogP contribution in [0.1, 0.15) is 0 Å². The Balaban J connectivity index is 1.36. The molecule has 0 saturated heterocycles. The fraction of sp³-hybridized carbons (Fsp3) is 0. The Morgan fingerprint density at radius 1 is 0.465 bits per heavy atom. The topological polar surface area (TPSA) is 32.5 Å². The van der Waals surface area contributed by atoms with Crippen LogP contribution in [-0.4, -0.2) is 4.98 Å². The molecule has 200 valence electrons. The van der Waals surface area contributed by atoms with Crippen LogP contribution >= 0.6 is 0 Å². The van der Waals surface area contributed by atoms with Crippen molar-refractivity contribution in [1.82, 2.24) is 4.98 Å². The highest BCUT2D eigenvalue weighted by atomic mass is 16.3. The molecule has 0 aliphatic carbocycles. The minimum atomic E-state index is 0.829. The molecule has 0 fully saturated rings. The van der Waals surface area contributed by atoms with Crippen molar-refractivity contribution in [2.75, 3.05) is 9.80 Å². The van der Waals surface area contributed by atoms with Crippen LogP contribution in [-0.2, 0) is 0 Å². The molecule has 10 rings (SSSR count). The first-order valence-corrected chi connectivity index (χ1v) is 14.6. The van der Waals surface area contributed by atoms with Gasteiger partial charge in [0.25, 0.3) is 0 Å². The summed E-state index contributed by atoms with van der Waals surface area (Å²) in [6.07, 6.45) is 1.85. The van der Waals surface area contributed by atoms with E-state index in [1.165, 1.54) is 33.0 Å². The van der Waals surface area contributed by atoms with E-state index < -0.39 is 0 Å². The molecule has 2 aromatic heterocycles. The number of anilines is 6. The van der Waals surface area contributed by atoms with Crippen molar-refractivity contribution in [3.8, 4) is 22.3 Å². The number of hydrogen-bond acceptors (Lipinski definition) is 4. The van der Waals surface area contributed by atoms with Gasteiger partial charge in [0.05, 0.1) is 33.8 Å². The lowest BCUT2D eigenvalue weighted by molar-refractivity contribution is 0.668. The quantitative estimate of drug-likeness (QED) is 0.204. The molecule has 0 unspecified atom stereocenters. The molecular formula is C39H23N3O. The largest absolute Gasteiger partial charge is 0.456 e. The molecule has 0 spiro atoms. The zero-order chi connectivity index (χ0) is 28.1. The summed E-state index contributed by atoms with van der Waals surface area (Å²) in [6, 6.07) is 47.6. The van der Waals surface area contributed by atoms with Gasteiger partial charge in [0, 0.05) is 22.7 Å². The van der Waals surface area contributed by atoms with Crippen LogP contribution in [0.15, 0.2) is 144 Å². The number of rotatable bonds is 1. The van der Waals surface area contributed by atoms with Gasteiger partial charge in [0.15, 0.2) is 0 Å². The number of hydrogen-bond donors (Lipinski definition) is 0. The Kier molecular flexibility index (Phi) is 4.42. The second-order valence-electron chi connectivity index (χ2n) is 11.2. The second kappa shape index (κ2) is 8.34. The Hall–Kier alpha value is -5.87. The van der Waals surface area contributed by atoms with Crippen LogP contribution in [0.2, 0.25) is 0 Å². The van der Waals surface area contributed by atoms with Gasteiger partial charge in [-0.2, -0.15) is 0 Å². The Morgan fingerprint density at radius 2 is 1.09 bits per heavy atom. The number of furan rings is 1. The van der Waals surface area contributed by atoms with Crippen LogP contribution in [0.3, 0.4) is 0 Å². The normalized spacial score (nSPS) is 13.0. The Morgan fingerprint density at radius 3 is 1.93 bits per heavy atom. The molecule has 4 heterocycles. The van der Waals surface area contributed by atoms with Crippen molar-refractivity contribution in [2.45, 2.75) is 0 Å². The lowest BCUT2D eigenvalue weighted by Gasteiger charge is -2.40. The van der Waals surface area contributed by atoms with Crippen molar-refractivity contribution < 1.29 is 4.42 Å². The summed E-state index contributed by atoms with van der Waals surface area (Å²) < 4.78 is 6.31. The van der Waals surface area contributed by atoms with Gasteiger partial charge in [-0.25, -0.2) is 4.98 Å². The molecule has 0 bridgehead atoms. The van der Waals surface area contributed by atoms with Crippen LogP contribution in [0.25, 0.3) is 55.0 Å². The summed E-state index contributed by atoms with van der Waals surface area (Å²) in [4.78, 5) is 9.82. The van der Waals surface area contributed by atoms with E-state index in [2.05, 4.69) is 125 Å². The maximum absolute atomic E-state index is 6.31. The molecule has 2 aliphatic rings. The van der Waals surface area contributed by atoms with Gasteiger partial charge in [0.1, 0.15) is 17.0 Å². The predicted molar refractivity (Wildman–Crippen MR) is 176 cm³/mol. The van der Waals surface area contributed by atoms with Crippen LogP contribution < -0.4 is 9.80 Å². The summed E-state index contributed by atoms with van der Waals surface area (Å²) in [6.45, 7) is 0. The van der Waals surface area contributed by atoms with E-state index in [1.807, 2.05) is 24.4 Å². The van der Waals surface area contributed by atoms with Gasteiger partial charge in [-0.3, -0.25) is 4.90 Å². The van der Waals surface area contributed by atoms with E-state index in [0.717, 1.165) is 56.2 Å². The van der Waals surface area contributed by atoms with E-state index >= 15 is 0 Å². The zero-order valence-corrected chi connectivity index (χ0v) is 23.0. The zero-order valence-electron chi connectivity index (χ0n) is 23.0. The number of para-hydroxylation sites is 5. The molecule has 2 aliphatic heterocycles. The number of nitrogens with zero attached hydrogens (tertiary/aromatic N) is 3. The molecule has 0 atom stereocenters. The maximum atomic E-state index is 6.31. The minimum Gasteiger partial charge on any atom is -0.456 e. The average Bonchev–Trinajstić information content (AvgIpc) is 3.40. The van der Waals surface area contributed by atoms with E-state index in [4.69, 9.17) is 9.40 Å². The Labute approximate surface area is 247 Å². The molecule has 8 aromatic rings. The number of pyridine rings is 1. The number of benzene rings is 6. The smallest absolute Gasteiger partial charge is 0.149 e. The first kappa shape index (κ1) is 22.8. The summed E-state index contributed by atoms with van der Waals surface area (Å²) >= 11 is 0. The number of aromatic nitrogens is 1. The first-order valence-electron chi connectivity index (χ1n) is 14.6. The maximum Gasteiger partial charge on any atom is 0.149 e. The molecule has 4 heteroatoms. The summed E-state index contributed by atoms with van der Waals surface area (Å²) in [5, 5.41) is 4.54. The van der Waals surface area contributed by atoms with Gasteiger partial charge in [-0.15, -0.1) is 0 Å². The van der Waals surface area contributed by atoms with E-state index in [-0.39, 0.29) is 0 Å². The lowest BCUT2D eigenvalue weighted by Crippen LogP contribution is -2.25. The lowest BCUT2D eigenvalue weighted by atomic mass is 9.91. The third-order valence-electron chi connectivity index (χ3n) is 8.93. The second-order valence-corrected chi connectivity index (χ2v) is 11.2. The molecule has 6 aromatic carbocycles. The van der Waals surface area contributed by atoms with Crippen molar-refractivity contribution in [3.63, 3.8) is 0 Å². The summed E-state index contributed by atoms with van der Waals surface area (Å²) in [7, 11) is 0. The molecule has 0 N–H and O–H groups in total. The van der Waals surface area contributed by atoms with Gasteiger partial charge in [-0.05, 0) is 70.4 Å². The van der Waals surface area contributed by atoms with E-state index in [9.17, 15) is 0 Å². The standard InChI is InChI=1S/C39H23N3O/c1-2-11-25-23-30-27-14-9-18-34-38(27)41(31-15-5-3-12-26(31)29(30)22-24(25)10-1)32-16-6-7-17-33(32)42(34)39-37-28-13-4-8-19-35(28)43-36(37)20-21-40-39/h1-23H. The summed E-state index contributed by atoms with van der Waals surface area (Å²) in [5.41, 5.74) is 12.1. The van der Waals surface area contributed by atoms with Crippen LogP contribution in [0, 0.1) is 0 Å². The van der Waals surface area contributed by atoms with Gasteiger partial charge in [0.2, 0.25) is 0 Å². The fourth-order valence-corrected chi connectivity index (χ4v) is 7.14. The first-order chi connectivity index (χ1) is 21.3. The van der Waals surface area contributed by atoms with Crippen molar-refractivity contribution in [1.29, 1.82) is 0 Å². The van der Waals surface area contributed by atoms with E-state index in [1.54, 1.807) is 0 Å². The summed E-state index contributed by atoms with van der Waals surface area (Å²) in [5.74, 6) is 0.860. The van der Waals surface area contributed by atoms with Gasteiger partial charge < -0.3 is 9.32 Å². The fourth-order valence-electron chi connectivity index (χ4n) is 7.14. The highest BCUT2D eigenvalue weighted by Crippen LogP contribution is 2.61. The van der Waals surface area contributed by atoms with E-state index in [0.29, 0.717) is 0 Å². The molecule has 0 saturated carbocycles. The van der Waals surface area contributed by atoms with Gasteiger partial charge >= 0.3 is 0 Å².